The van der Waals surface area contributed by atoms with Crippen molar-refractivity contribution in [2.24, 2.45) is 0 Å². The summed E-state index contributed by atoms with van der Waals surface area (Å²) in [5.74, 6) is 0.387. The SMILES string of the molecule is Cc1cc(N2CCC(S3=PC(F)(F)c4cc(OCC(F)(F)F)ccc43)C2)n(-c2ccc(C(F)(F)F)cc2)n1.N#CC1(NC=O)CC1. The van der Waals surface area contributed by atoms with Crippen molar-refractivity contribution in [1.29, 1.82) is 5.26 Å². The second-order valence-electron chi connectivity index (χ2n) is 10.9. The van der Waals surface area contributed by atoms with Crippen molar-refractivity contribution >= 4 is 29.7 Å². The summed E-state index contributed by atoms with van der Waals surface area (Å²) < 4.78 is 112. The first-order valence-electron chi connectivity index (χ1n) is 13.8. The minimum Gasteiger partial charge on any atom is -0.484 e. The Kier molecular flexibility index (Phi) is 9.13. The van der Waals surface area contributed by atoms with Crippen LogP contribution >= 0.6 is 7.36 Å². The van der Waals surface area contributed by atoms with Gasteiger partial charge in [0.05, 0.1) is 23.0 Å². The van der Waals surface area contributed by atoms with E-state index < -0.39 is 45.8 Å². The number of fused-ring (bicyclic) bond motifs is 1. The van der Waals surface area contributed by atoms with Crippen molar-refractivity contribution < 1.29 is 44.7 Å². The van der Waals surface area contributed by atoms with E-state index in [-0.39, 0.29) is 23.9 Å². The fraction of sp³-hybridized carbons (Fsp3) is 0.414. The molecule has 0 radical (unpaired) electrons. The maximum absolute atomic E-state index is 14.9. The lowest BCUT2D eigenvalue weighted by Gasteiger charge is -2.21. The zero-order valence-electron chi connectivity index (χ0n) is 24.0. The topological polar surface area (TPSA) is 83.2 Å². The standard InChI is InChI=1S/C24H20F8N3OPS.C5H6N2O/c1-14-10-21(35(33-14)16-4-2-15(3-5-16)23(28,29)30)34-9-8-18(12-34)38-20-7-6-17(36-13-22(25,26)27)11-19(20)24(31,32)37-38;6-3-5(1-2-5)7-4-8/h2-7,10-11,18H,8-9,12-13H2,1H3;4H,1-2H2,(H,7,8). The van der Waals surface area contributed by atoms with Gasteiger partial charge in [-0.05, 0) is 68.7 Å². The van der Waals surface area contributed by atoms with Crippen LogP contribution < -0.4 is 15.0 Å². The minimum absolute atomic E-state index is 0.122. The van der Waals surface area contributed by atoms with Crippen molar-refractivity contribution in [3.63, 3.8) is 0 Å². The number of hydrogen-bond acceptors (Lipinski definition) is 5. The molecule has 1 N–H and O–H groups in total. The average molecular weight is 692 g/mol. The van der Waals surface area contributed by atoms with Gasteiger partial charge >= 0.3 is 18.0 Å². The quantitative estimate of drug-likeness (QED) is 0.162. The molecule has 1 aliphatic carbocycles. The van der Waals surface area contributed by atoms with Crippen molar-refractivity contribution in [1.82, 2.24) is 15.1 Å². The molecule has 46 heavy (non-hydrogen) atoms. The highest BCUT2D eigenvalue weighted by molar-refractivity contribution is 8.22. The Bertz CT molecular complexity index is 1680. The first-order chi connectivity index (χ1) is 21.5. The summed E-state index contributed by atoms with van der Waals surface area (Å²) in [5, 5.41) is 15.0. The highest BCUT2D eigenvalue weighted by Gasteiger charge is 2.44. The zero-order valence-corrected chi connectivity index (χ0v) is 25.7. The van der Waals surface area contributed by atoms with Crippen LogP contribution in [0.3, 0.4) is 0 Å². The first-order valence-corrected chi connectivity index (χ1v) is 16.6. The lowest BCUT2D eigenvalue weighted by Crippen LogP contribution is -2.27. The Balaban J connectivity index is 0.000000455. The molecule has 1 amide bonds. The maximum atomic E-state index is 14.9. The highest BCUT2D eigenvalue weighted by atomic mass is 32.5. The van der Waals surface area contributed by atoms with Gasteiger partial charge < -0.3 is 15.0 Å². The van der Waals surface area contributed by atoms with Crippen LogP contribution in [-0.4, -0.2) is 52.9 Å². The summed E-state index contributed by atoms with van der Waals surface area (Å²) in [4.78, 5) is 12.1. The van der Waals surface area contributed by atoms with Gasteiger partial charge in [0, 0.05) is 42.2 Å². The van der Waals surface area contributed by atoms with Crippen LogP contribution in [0.2, 0.25) is 0 Å². The summed E-state index contributed by atoms with van der Waals surface area (Å²) in [7, 11) is -1.00. The smallest absolute Gasteiger partial charge is 0.422 e. The number of hydrogen-bond donors (Lipinski definition) is 1. The number of aromatic nitrogens is 2. The van der Waals surface area contributed by atoms with E-state index in [0.717, 1.165) is 31.0 Å². The van der Waals surface area contributed by atoms with Gasteiger partial charge in [0.15, 0.2) is 6.61 Å². The van der Waals surface area contributed by atoms with E-state index in [0.29, 0.717) is 48.0 Å². The first kappa shape index (κ1) is 33.7. The molecule has 1 saturated carbocycles. The predicted molar refractivity (Wildman–Crippen MR) is 155 cm³/mol. The monoisotopic (exact) mass is 691 g/mol. The normalized spacial score (nSPS) is 21.3. The summed E-state index contributed by atoms with van der Waals surface area (Å²) in [6.45, 7) is 1.14. The molecule has 7 nitrogen and oxygen atoms in total. The molecule has 246 valence electrons. The Morgan fingerprint density at radius 3 is 2.39 bits per heavy atom. The number of anilines is 1. The van der Waals surface area contributed by atoms with Gasteiger partial charge in [0.1, 0.15) is 17.1 Å². The van der Waals surface area contributed by atoms with Crippen LogP contribution in [0.5, 0.6) is 5.75 Å². The van der Waals surface area contributed by atoms with Crippen molar-refractivity contribution in [2.75, 3.05) is 24.6 Å². The summed E-state index contributed by atoms with van der Waals surface area (Å²) in [5.41, 5.74) is -3.70. The molecule has 1 aromatic heterocycles. The third-order valence-electron chi connectivity index (χ3n) is 7.45. The molecular formula is C29H26F8N5O2PS. The fourth-order valence-corrected chi connectivity index (χ4v) is 10.2. The van der Waals surface area contributed by atoms with Crippen LogP contribution in [0.25, 0.3) is 5.69 Å². The number of ether oxygens (including phenoxy) is 1. The summed E-state index contributed by atoms with van der Waals surface area (Å²) >= 11 is 0. The van der Waals surface area contributed by atoms with Crippen LogP contribution in [0.15, 0.2) is 53.4 Å². The molecule has 0 bridgehead atoms. The number of amides is 1. The van der Waals surface area contributed by atoms with E-state index in [1.807, 2.05) is 11.0 Å². The van der Waals surface area contributed by atoms with E-state index in [1.54, 1.807) is 17.7 Å². The van der Waals surface area contributed by atoms with Gasteiger partial charge in [-0.25, -0.2) is 4.68 Å². The van der Waals surface area contributed by atoms with E-state index in [4.69, 9.17) is 5.26 Å². The van der Waals surface area contributed by atoms with Crippen molar-refractivity contribution in [3.05, 3.63) is 65.4 Å². The van der Waals surface area contributed by atoms with Gasteiger partial charge in [-0.2, -0.15) is 45.5 Å². The molecule has 3 heterocycles. The van der Waals surface area contributed by atoms with Crippen LogP contribution in [-0.2, 0) is 26.7 Å². The molecule has 2 fully saturated rings. The van der Waals surface area contributed by atoms with E-state index in [1.165, 1.54) is 24.3 Å². The molecular weight excluding hydrogens is 665 g/mol. The Morgan fingerprint density at radius 2 is 1.83 bits per heavy atom. The molecule has 0 spiro atoms. The minimum atomic E-state index is -4.58. The van der Waals surface area contributed by atoms with Gasteiger partial charge in [-0.3, -0.25) is 4.79 Å². The average Bonchev–Trinajstić information content (AvgIpc) is 3.29. The molecule has 3 aromatic rings. The molecule has 3 aliphatic rings. The molecule has 2 aromatic carbocycles. The second-order valence-corrected chi connectivity index (χ2v) is 15.1. The Labute approximate surface area is 261 Å². The number of carbonyl (C=O) groups is 1. The molecule has 2 atom stereocenters. The molecule has 2 unspecified atom stereocenters. The van der Waals surface area contributed by atoms with Gasteiger partial charge in [0.25, 0.3) is 0 Å². The third kappa shape index (κ3) is 7.47. The lowest BCUT2D eigenvalue weighted by atomic mass is 10.2. The Morgan fingerprint density at radius 1 is 1.13 bits per heavy atom. The second kappa shape index (κ2) is 12.5. The fourth-order valence-electron chi connectivity index (χ4n) is 4.99. The lowest BCUT2D eigenvalue weighted by molar-refractivity contribution is -0.153. The largest absolute Gasteiger partial charge is 0.484 e. The molecule has 2 aliphatic heterocycles. The van der Waals surface area contributed by atoms with E-state index in [9.17, 15) is 39.9 Å². The molecule has 1 saturated heterocycles. The Hall–Kier alpha value is -3.70. The number of alkyl halides is 8. The number of carbonyl (C=O) groups excluding carboxylic acids is 1. The van der Waals surface area contributed by atoms with Crippen molar-refractivity contribution in [2.45, 2.75) is 59.9 Å². The number of aryl methyl sites for hydroxylation is 1. The molecule has 17 heteroatoms. The van der Waals surface area contributed by atoms with E-state index >= 15 is 0 Å². The van der Waals surface area contributed by atoms with Gasteiger partial charge in [-0.15, -0.1) is 10.1 Å². The number of nitriles is 1. The third-order valence-corrected chi connectivity index (χ3v) is 12.7. The zero-order chi connectivity index (χ0) is 33.5. The maximum Gasteiger partial charge on any atom is 0.422 e. The van der Waals surface area contributed by atoms with Crippen molar-refractivity contribution in [3.8, 4) is 17.5 Å². The predicted octanol–water partition coefficient (Wildman–Crippen LogP) is 7.11. The number of nitrogens with zero attached hydrogens (tertiary/aromatic N) is 4. The van der Waals surface area contributed by atoms with Gasteiger partial charge in [0.2, 0.25) is 6.41 Å². The van der Waals surface area contributed by atoms with Crippen LogP contribution in [0, 0.1) is 18.3 Å². The van der Waals surface area contributed by atoms with Crippen LogP contribution in [0.1, 0.15) is 36.1 Å². The number of nitrogens with one attached hydrogen (secondary N) is 1. The number of benzene rings is 2. The number of rotatable bonds is 7. The molecule has 6 rings (SSSR count). The van der Waals surface area contributed by atoms with Crippen LogP contribution in [0.4, 0.5) is 40.9 Å². The summed E-state index contributed by atoms with van der Waals surface area (Å²) in [6.07, 6.45) is -6.26. The number of halogens is 8. The highest BCUT2D eigenvalue weighted by Crippen LogP contribution is 2.53. The summed E-state index contributed by atoms with van der Waals surface area (Å²) in [6, 6.07) is 12.1. The van der Waals surface area contributed by atoms with Gasteiger partial charge in [-0.1, -0.05) is 0 Å². The van der Waals surface area contributed by atoms with E-state index in [2.05, 4.69) is 15.2 Å².